The van der Waals surface area contributed by atoms with E-state index in [1.807, 2.05) is 77.1 Å². The van der Waals surface area contributed by atoms with Crippen LogP contribution in [0.4, 0.5) is 5.69 Å². The highest BCUT2D eigenvalue weighted by Gasteiger charge is 2.35. The molecule has 0 aliphatic carbocycles. The number of hydrogen-bond acceptors (Lipinski definition) is 5. The number of benzene rings is 2. The summed E-state index contributed by atoms with van der Waals surface area (Å²) >= 11 is 0. The van der Waals surface area contributed by atoms with Gasteiger partial charge in [0.25, 0.3) is 0 Å². The maximum atomic E-state index is 14.1. The molecule has 4 rings (SSSR count). The smallest absolute Gasteiger partial charge is 0.249 e. The molecule has 1 atom stereocenters. The van der Waals surface area contributed by atoms with Crippen LogP contribution in [-0.4, -0.2) is 37.3 Å². The van der Waals surface area contributed by atoms with Crippen molar-refractivity contribution in [1.29, 1.82) is 0 Å². The monoisotopic (exact) mass is 484 g/mol. The van der Waals surface area contributed by atoms with Gasteiger partial charge in [0.2, 0.25) is 11.8 Å². The van der Waals surface area contributed by atoms with Crippen molar-refractivity contribution in [1.82, 2.24) is 25.3 Å². The van der Waals surface area contributed by atoms with E-state index < -0.39 is 11.6 Å². The van der Waals surface area contributed by atoms with Gasteiger partial charge >= 0.3 is 0 Å². The summed E-state index contributed by atoms with van der Waals surface area (Å²) in [6.45, 7) is 9.85. The Bertz CT molecular complexity index is 1360. The van der Waals surface area contributed by atoms with Gasteiger partial charge in [-0.05, 0) is 87.2 Å². The summed E-state index contributed by atoms with van der Waals surface area (Å²) in [6, 6.07) is 16.0. The number of aryl methyl sites for hydroxylation is 2. The van der Waals surface area contributed by atoms with E-state index in [1.165, 1.54) is 0 Å². The molecule has 1 unspecified atom stereocenters. The van der Waals surface area contributed by atoms with E-state index in [2.05, 4.69) is 20.6 Å². The molecule has 2 amide bonds. The number of amides is 2. The third-order valence-electron chi connectivity index (χ3n) is 6.33. The fourth-order valence-corrected chi connectivity index (χ4v) is 4.22. The first kappa shape index (κ1) is 25.0. The molecule has 0 saturated heterocycles. The second-order valence-electron chi connectivity index (χ2n) is 9.76. The topological polar surface area (TPSA) is 93.0 Å². The highest BCUT2D eigenvalue weighted by atomic mass is 16.2. The third-order valence-corrected chi connectivity index (χ3v) is 6.33. The van der Waals surface area contributed by atoms with Crippen LogP contribution in [0.25, 0.3) is 11.0 Å². The van der Waals surface area contributed by atoms with Gasteiger partial charge in [0.1, 0.15) is 18.1 Å². The van der Waals surface area contributed by atoms with Gasteiger partial charge in [-0.1, -0.05) is 30.3 Å². The van der Waals surface area contributed by atoms with Crippen molar-refractivity contribution in [3.8, 4) is 0 Å². The van der Waals surface area contributed by atoms with Crippen LogP contribution in [0.5, 0.6) is 0 Å². The lowest BCUT2D eigenvalue weighted by molar-refractivity contribution is -0.128. The average molecular weight is 485 g/mol. The molecule has 2 aromatic carbocycles. The number of nitrogens with zero attached hydrogens (tertiary/aromatic N) is 5. The van der Waals surface area contributed by atoms with Gasteiger partial charge in [-0.25, -0.2) is 4.68 Å². The summed E-state index contributed by atoms with van der Waals surface area (Å²) in [5, 5.41) is 11.5. The highest BCUT2D eigenvalue weighted by molar-refractivity contribution is 6.01. The number of rotatable bonds is 8. The Morgan fingerprint density at radius 3 is 2.36 bits per heavy atom. The van der Waals surface area contributed by atoms with Crippen molar-refractivity contribution >= 4 is 28.5 Å². The van der Waals surface area contributed by atoms with Gasteiger partial charge in [-0.2, -0.15) is 0 Å². The minimum absolute atomic E-state index is 0.0699. The minimum Gasteiger partial charge on any atom is -0.349 e. The van der Waals surface area contributed by atoms with Crippen LogP contribution in [0.15, 0.2) is 67.0 Å². The molecular formula is C28H32N6O2. The number of pyridine rings is 1. The number of carbonyl (C=O) groups is 2. The molecule has 0 spiro atoms. The molecule has 0 aliphatic heterocycles. The van der Waals surface area contributed by atoms with Crippen molar-refractivity contribution in [2.45, 2.75) is 59.2 Å². The minimum atomic E-state index is -0.901. The molecule has 0 saturated carbocycles. The van der Waals surface area contributed by atoms with Crippen molar-refractivity contribution in [3.05, 3.63) is 83.7 Å². The van der Waals surface area contributed by atoms with Crippen molar-refractivity contribution in [3.63, 3.8) is 0 Å². The first-order valence-corrected chi connectivity index (χ1v) is 12.1. The number of hydrogen-bond donors (Lipinski definition) is 1. The lowest BCUT2D eigenvalue weighted by Crippen LogP contribution is -2.51. The molecule has 8 heteroatoms. The Morgan fingerprint density at radius 1 is 1.03 bits per heavy atom. The fourth-order valence-electron chi connectivity index (χ4n) is 4.22. The van der Waals surface area contributed by atoms with E-state index in [4.69, 9.17) is 0 Å². The zero-order chi connectivity index (χ0) is 25.9. The maximum absolute atomic E-state index is 14.1. The summed E-state index contributed by atoms with van der Waals surface area (Å²) in [7, 11) is 0. The second-order valence-corrected chi connectivity index (χ2v) is 9.76. The van der Waals surface area contributed by atoms with E-state index in [-0.39, 0.29) is 18.4 Å². The van der Waals surface area contributed by atoms with E-state index in [1.54, 1.807) is 34.1 Å². The van der Waals surface area contributed by atoms with Gasteiger partial charge in [-0.3, -0.25) is 19.5 Å². The van der Waals surface area contributed by atoms with Crippen LogP contribution in [0.2, 0.25) is 0 Å². The number of carbonyl (C=O) groups excluding carboxylic acids is 2. The van der Waals surface area contributed by atoms with Gasteiger partial charge in [0.05, 0.1) is 5.52 Å². The predicted molar refractivity (Wildman–Crippen MR) is 140 cm³/mol. The second kappa shape index (κ2) is 10.3. The number of fused-ring (bicyclic) bond motifs is 1. The van der Waals surface area contributed by atoms with Crippen molar-refractivity contribution < 1.29 is 9.59 Å². The predicted octanol–water partition coefficient (Wildman–Crippen LogP) is 4.52. The lowest BCUT2D eigenvalue weighted by Gasteiger charge is -2.35. The fraction of sp³-hybridized carbons (Fsp3) is 0.321. The van der Waals surface area contributed by atoms with Gasteiger partial charge in [-0.15, -0.1) is 5.10 Å². The number of aromatic nitrogens is 4. The quantitative estimate of drug-likeness (QED) is 0.397. The van der Waals surface area contributed by atoms with E-state index in [0.29, 0.717) is 16.8 Å². The summed E-state index contributed by atoms with van der Waals surface area (Å²) in [5.74, 6) is -0.536. The van der Waals surface area contributed by atoms with Crippen molar-refractivity contribution in [2.24, 2.45) is 0 Å². The molecule has 2 heterocycles. The first-order chi connectivity index (χ1) is 17.2. The Labute approximate surface area is 211 Å². The molecule has 0 fully saturated rings. The molecular weight excluding hydrogens is 452 g/mol. The molecule has 8 nitrogen and oxygen atoms in total. The average Bonchev–Trinajstić information content (AvgIpc) is 3.24. The zero-order valence-electron chi connectivity index (χ0n) is 21.4. The van der Waals surface area contributed by atoms with Crippen LogP contribution in [0, 0.1) is 13.8 Å². The van der Waals surface area contributed by atoms with E-state index in [0.717, 1.165) is 23.1 Å². The summed E-state index contributed by atoms with van der Waals surface area (Å²) in [5.41, 5.74) is 4.33. The van der Waals surface area contributed by atoms with Crippen LogP contribution in [0.3, 0.4) is 0 Å². The number of nitrogens with one attached hydrogen (secondary N) is 1. The molecule has 4 aromatic rings. The Hall–Kier alpha value is -4.07. The normalized spacial score (nSPS) is 12.4. The lowest BCUT2D eigenvalue weighted by atomic mass is 9.98. The molecule has 0 radical (unpaired) electrons. The van der Waals surface area contributed by atoms with E-state index >= 15 is 0 Å². The molecule has 0 aliphatic rings. The van der Waals surface area contributed by atoms with Gasteiger partial charge < -0.3 is 5.32 Å². The maximum Gasteiger partial charge on any atom is 0.249 e. The third kappa shape index (κ3) is 5.43. The molecule has 1 N–H and O–H groups in total. The Kier molecular flexibility index (Phi) is 7.15. The molecule has 0 bridgehead atoms. The summed E-state index contributed by atoms with van der Waals surface area (Å²) in [6.07, 6.45) is 4.01. The van der Waals surface area contributed by atoms with Crippen LogP contribution in [0.1, 0.15) is 49.9 Å². The highest BCUT2D eigenvalue weighted by Crippen LogP contribution is 2.31. The van der Waals surface area contributed by atoms with E-state index in [9.17, 15) is 9.59 Å². The zero-order valence-corrected chi connectivity index (χ0v) is 21.4. The van der Waals surface area contributed by atoms with Crippen LogP contribution < -0.4 is 10.2 Å². The summed E-state index contributed by atoms with van der Waals surface area (Å²) in [4.78, 5) is 33.6. The first-order valence-electron chi connectivity index (χ1n) is 12.1. The SMILES string of the molecule is CCC(C)(C)NC(=O)C(c1ccncc1)N(C(=O)Cn1nnc2ccccc21)c1cc(C)cc(C)c1. The number of anilines is 1. The largest absolute Gasteiger partial charge is 0.349 e. The van der Waals surface area contributed by atoms with Crippen molar-refractivity contribution in [2.75, 3.05) is 4.90 Å². The number of para-hydroxylation sites is 1. The standard InChI is InChI=1S/C28H32N6O2/c1-6-28(4,5)30-27(36)26(21-11-13-29-14-12-21)34(22-16-19(2)15-20(3)17-22)25(35)18-33-24-10-8-7-9-23(24)31-32-33/h7-17,26H,6,18H2,1-5H3,(H,30,36). The molecule has 186 valence electrons. The van der Waals surface area contributed by atoms with Gasteiger partial charge in [0, 0.05) is 23.6 Å². The van der Waals surface area contributed by atoms with Crippen LogP contribution >= 0.6 is 0 Å². The Morgan fingerprint density at radius 2 is 1.69 bits per heavy atom. The molecule has 2 aromatic heterocycles. The summed E-state index contributed by atoms with van der Waals surface area (Å²) < 4.78 is 1.57. The van der Waals surface area contributed by atoms with Gasteiger partial charge in [0.15, 0.2) is 0 Å². The van der Waals surface area contributed by atoms with Crippen LogP contribution in [-0.2, 0) is 16.1 Å². The Balaban J connectivity index is 1.83. The molecule has 36 heavy (non-hydrogen) atoms.